The number of halogens is 1. The standard InChI is InChI=1S/C16H22FN3O3/c1-12(21)18-13-4-3-5-14(8-13)19-15(22)9-20-7-6-16(17,10-20)11-23-2/h3-5,8H,6-7,9-11H2,1-2H3,(H,18,21)(H,19,22). The molecule has 1 aromatic carbocycles. The first-order valence-electron chi connectivity index (χ1n) is 7.48. The van der Waals surface area contributed by atoms with Gasteiger partial charge in [0.15, 0.2) is 0 Å². The average Bonchev–Trinajstić information content (AvgIpc) is 2.79. The number of methoxy groups -OCH3 is 1. The topological polar surface area (TPSA) is 70.7 Å². The molecular formula is C16H22FN3O3. The van der Waals surface area contributed by atoms with E-state index < -0.39 is 5.67 Å². The Morgan fingerprint density at radius 3 is 2.70 bits per heavy atom. The van der Waals surface area contributed by atoms with E-state index in [0.717, 1.165) is 0 Å². The Morgan fingerprint density at radius 2 is 2.04 bits per heavy atom. The Hall–Kier alpha value is -1.99. The zero-order valence-corrected chi connectivity index (χ0v) is 13.4. The first kappa shape index (κ1) is 17.4. The third-order valence-corrected chi connectivity index (χ3v) is 3.62. The van der Waals surface area contributed by atoms with E-state index in [1.807, 2.05) is 0 Å². The Morgan fingerprint density at radius 1 is 1.35 bits per heavy atom. The highest BCUT2D eigenvalue weighted by atomic mass is 19.1. The highest BCUT2D eigenvalue weighted by molar-refractivity contribution is 5.94. The monoisotopic (exact) mass is 323 g/mol. The molecule has 0 spiro atoms. The summed E-state index contributed by atoms with van der Waals surface area (Å²) in [6, 6.07) is 6.88. The van der Waals surface area contributed by atoms with Crippen molar-refractivity contribution in [3.8, 4) is 0 Å². The van der Waals surface area contributed by atoms with Crippen LogP contribution in [-0.4, -0.2) is 55.7 Å². The molecule has 0 aromatic heterocycles. The van der Waals surface area contributed by atoms with Gasteiger partial charge in [-0.05, 0) is 24.6 Å². The maximum atomic E-state index is 14.3. The quantitative estimate of drug-likeness (QED) is 0.835. The van der Waals surface area contributed by atoms with Gasteiger partial charge in [-0.2, -0.15) is 0 Å². The Labute approximate surface area is 135 Å². The fourth-order valence-electron chi connectivity index (χ4n) is 2.71. The number of hydrogen-bond donors (Lipinski definition) is 2. The molecule has 0 bridgehead atoms. The molecule has 0 saturated carbocycles. The van der Waals surface area contributed by atoms with Crippen LogP contribution in [0, 0.1) is 0 Å². The van der Waals surface area contributed by atoms with Crippen LogP contribution >= 0.6 is 0 Å². The molecule has 7 heteroatoms. The summed E-state index contributed by atoms with van der Waals surface area (Å²) in [4.78, 5) is 24.9. The van der Waals surface area contributed by atoms with Gasteiger partial charge in [-0.1, -0.05) is 6.07 Å². The highest BCUT2D eigenvalue weighted by Crippen LogP contribution is 2.25. The van der Waals surface area contributed by atoms with E-state index >= 15 is 0 Å². The van der Waals surface area contributed by atoms with Crippen LogP contribution in [0.3, 0.4) is 0 Å². The number of carbonyl (C=O) groups is 2. The van der Waals surface area contributed by atoms with E-state index in [4.69, 9.17) is 4.74 Å². The summed E-state index contributed by atoms with van der Waals surface area (Å²) in [6.07, 6.45) is 0.367. The van der Waals surface area contributed by atoms with Crippen LogP contribution in [0.4, 0.5) is 15.8 Å². The first-order chi connectivity index (χ1) is 10.9. The van der Waals surface area contributed by atoms with Crippen molar-refractivity contribution in [2.75, 3.05) is 44.0 Å². The van der Waals surface area contributed by atoms with E-state index in [1.165, 1.54) is 14.0 Å². The summed E-state index contributed by atoms with van der Waals surface area (Å²) in [7, 11) is 1.47. The highest BCUT2D eigenvalue weighted by Gasteiger charge is 2.38. The fourth-order valence-corrected chi connectivity index (χ4v) is 2.71. The van der Waals surface area contributed by atoms with Gasteiger partial charge in [-0.25, -0.2) is 4.39 Å². The second-order valence-corrected chi connectivity index (χ2v) is 5.85. The Balaban J connectivity index is 1.87. The summed E-state index contributed by atoms with van der Waals surface area (Å²) < 4.78 is 19.2. The fraction of sp³-hybridized carbons (Fsp3) is 0.500. The molecule has 23 heavy (non-hydrogen) atoms. The zero-order chi connectivity index (χ0) is 16.9. The molecule has 1 aliphatic rings. The second kappa shape index (κ2) is 7.52. The molecule has 2 amide bonds. The third-order valence-electron chi connectivity index (χ3n) is 3.62. The number of likely N-dealkylation sites (tertiary alicyclic amines) is 1. The minimum atomic E-state index is -1.37. The van der Waals surface area contributed by atoms with Gasteiger partial charge < -0.3 is 15.4 Å². The van der Waals surface area contributed by atoms with Gasteiger partial charge in [0, 0.05) is 38.5 Å². The molecule has 1 saturated heterocycles. The number of hydrogen-bond acceptors (Lipinski definition) is 4. The van der Waals surface area contributed by atoms with Gasteiger partial charge >= 0.3 is 0 Å². The Kier molecular flexibility index (Phi) is 5.68. The molecule has 1 aromatic rings. The molecule has 6 nitrogen and oxygen atoms in total. The molecule has 126 valence electrons. The number of nitrogens with zero attached hydrogens (tertiary/aromatic N) is 1. The van der Waals surface area contributed by atoms with Gasteiger partial charge in [0.25, 0.3) is 0 Å². The minimum absolute atomic E-state index is 0.0455. The summed E-state index contributed by atoms with van der Waals surface area (Å²) >= 11 is 0. The second-order valence-electron chi connectivity index (χ2n) is 5.85. The van der Waals surface area contributed by atoms with E-state index in [1.54, 1.807) is 29.2 Å². The molecule has 1 heterocycles. The number of rotatable bonds is 6. The lowest BCUT2D eigenvalue weighted by atomic mass is 10.1. The third kappa shape index (κ3) is 5.30. The molecule has 0 radical (unpaired) electrons. The lowest BCUT2D eigenvalue weighted by Crippen LogP contribution is -2.36. The predicted molar refractivity (Wildman–Crippen MR) is 86.1 cm³/mol. The lowest BCUT2D eigenvalue weighted by Gasteiger charge is -2.19. The number of alkyl halides is 1. The van der Waals surface area contributed by atoms with Gasteiger partial charge in [0.2, 0.25) is 11.8 Å². The first-order valence-corrected chi connectivity index (χ1v) is 7.48. The van der Waals surface area contributed by atoms with Gasteiger partial charge in [-0.15, -0.1) is 0 Å². The smallest absolute Gasteiger partial charge is 0.238 e. The van der Waals surface area contributed by atoms with Crippen molar-refractivity contribution < 1.29 is 18.7 Å². The van der Waals surface area contributed by atoms with E-state index in [2.05, 4.69) is 10.6 Å². The molecule has 1 atom stereocenters. The Bertz CT molecular complexity index is 581. The predicted octanol–water partition coefficient (Wildman–Crippen LogP) is 1.64. The lowest BCUT2D eigenvalue weighted by molar-refractivity contribution is -0.117. The number of amides is 2. The molecular weight excluding hydrogens is 301 g/mol. The van der Waals surface area contributed by atoms with Crippen molar-refractivity contribution in [3.63, 3.8) is 0 Å². The van der Waals surface area contributed by atoms with Crippen LogP contribution in [0.25, 0.3) is 0 Å². The van der Waals surface area contributed by atoms with Crippen molar-refractivity contribution in [3.05, 3.63) is 24.3 Å². The van der Waals surface area contributed by atoms with Crippen molar-refractivity contribution >= 4 is 23.2 Å². The molecule has 0 aliphatic carbocycles. The zero-order valence-electron chi connectivity index (χ0n) is 13.4. The SMILES string of the molecule is COCC1(F)CCN(CC(=O)Nc2cccc(NC(C)=O)c2)C1. The van der Waals surface area contributed by atoms with Gasteiger partial charge in [-0.3, -0.25) is 14.5 Å². The summed E-state index contributed by atoms with van der Waals surface area (Å²) in [6.45, 7) is 2.31. The average molecular weight is 323 g/mol. The van der Waals surface area contributed by atoms with Gasteiger partial charge in [0.1, 0.15) is 5.67 Å². The summed E-state index contributed by atoms with van der Waals surface area (Å²) in [5.41, 5.74) is -0.177. The largest absolute Gasteiger partial charge is 0.381 e. The van der Waals surface area contributed by atoms with E-state index in [0.29, 0.717) is 24.3 Å². The molecule has 2 N–H and O–H groups in total. The van der Waals surface area contributed by atoms with Gasteiger partial charge in [0.05, 0.1) is 13.2 Å². The van der Waals surface area contributed by atoms with Crippen molar-refractivity contribution in [1.29, 1.82) is 0 Å². The van der Waals surface area contributed by atoms with E-state index in [9.17, 15) is 14.0 Å². The van der Waals surface area contributed by atoms with Crippen LogP contribution in [0.2, 0.25) is 0 Å². The number of anilines is 2. The maximum Gasteiger partial charge on any atom is 0.238 e. The van der Waals surface area contributed by atoms with Crippen LogP contribution in [0.15, 0.2) is 24.3 Å². The number of ether oxygens (including phenoxy) is 1. The molecule has 1 aliphatic heterocycles. The molecule has 1 fully saturated rings. The minimum Gasteiger partial charge on any atom is -0.381 e. The van der Waals surface area contributed by atoms with Crippen molar-refractivity contribution in [2.45, 2.75) is 19.0 Å². The van der Waals surface area contributed by atoms with Crippen molar-refractivity contribution in [2.24, 2.45) is 0 Å². The summed E-state index contributed by atoms with van der Waals surface area (Å²) in [5.74, 6) is -0.394. The van der Waals surface area contributed by atoms with Crippen LogP contribution in [0.1, 0.15) is 13.3 Å². The molecule has 1 unspecified atom stereocenters. The van der Waals surface area contributed by atoms with Crippen LogP contribution < -0.4 is 10.6 Å². The number of carbonyl (C=O) groups excluding carboxylic acids is 2. The normalized spacial score (nSPS) is 21.2. The molecule has 2 rings (SSSR count). The maximum absolute atomic E-state index is 14.3. The number of benzene rings is 1. The van der Waals surface area contributed by atoms with E-state index in [-0.39, 0.29) is 31.5 Å². The summed E-state index contributed by atoms with van der Waals surface area (Å²) in [5, 5.41) is 5.41. The number of nitrogens with one attached hydrogen (secondary N) is 2. The van der Waals surface area contributed by atoms with Crippen LogP contribution in [0.5, 0.6) is 0 Å². The van der Waals surface area contributed by atoms with Crippen LogP contribution in [-0.2, 0) is 14.3 Å². The van der Waals surface area contributed by atoms with Crippen molar-refractivity contribution in [1.82, 2.24) is 4.90 Å².